The molecule has 0 unspecified atom stereocenters. The lowest BCUT2D eigenvalue weighted by Crippen LogP contribution is -2.15. The Morgan fingerprint density at radius 2 is 1.39 bits per heavy atom. The van der Waals surface area contributed by atoms with E-state index in [1.165, 1.54) is 0 Å². The molecule has 2 N–H and O–H groups in total. The molecule has 6 rings (SSSR count). The van der Waals surface area contributed by atoms with Crippen LogP contribution < -0.4 is 0 Å². The number of hydrogen-bond donors (Lipinski definition) is 2. The van der Waals surface area contributed by atoms with E-state index in [0.717, 1.165) is 40.4 Å². The van der Waals surface area contributed by atoms with Crippen LogP contribution in [0.1, 0.15) is 35.8 Å². The molecule has 0 fully saturated rings. The van der Waals surface area contributed by atoms with Gasteiger partial charge in [0.05, 0.1) is 5.69 Å². The molecule has 0 amide bonds. The molecule has 0 saturated carbocycles. The van der Waals surface area contributed by atoms with Crippen molar-refractivity contribution in [1.82, 2.24) is 4.57 Å². The zero-order chi connectivity index (χ0) is 15.6. The molecule has 1 heterocycles. The van der Waals surface area contributed by atoms with Gasteiger partial charge in [0.15, 0.2) is 0 Å². The van der Waals surface area contributed by atoms with E-state index in [2.05, 4.69) is 18.2 Å². The summed E-state index contributed by atoms with van der Waals surface area (Å²) in [5.41, 5.74) is 2.62. The Balaban J connectivity index is 1.76. The van der Waals surface area contributed by atoms with E-state index in [9.17, 15) is 10.2 Å². The third-order valence-corrected chi connectivity index (χ3v) is 5.29. The van der Waals surface area contributed by atoms with Crippen molar-refractivity contribution in [3.8, 4) is 17.4 Å². The van der Waals surface area contributed by atoms with E-state index in [1.807, 2.05) is 36.4 Å². The van der Waals surface area contributed by atoms with Crippen molar-refractivity contribution in [1.29, 1.82) is 0 Å². The molecule has 2 atom stereocenters. The summed E-state index contributed by atoms with van der Waals surface area (Å²) in [7, 11) is 0. The first-order valence-electron chi connectivity index (χ1n) is 8.08. The summed E-state index contributed by atoms with van der Waals surface area (Å²) in [6.07, 6.45) is 6.42. The van der Waals surface area contributed by atoms with E-state index in [0.29, 0.717) is 0 Å². The van der Waals surface area contributed by atoms with Gasteiger partial charge in [-0.25, -0.2) is 0 Å². The molecule has 114 valence electrons. The van der Waals surface area contributed by atoms with Crippen LogP contribution in [0.15, 0.2) is 54.6 Å². The maximum absolute atomic E-state index is 10.8. The fourth-order valence-corrected chi connectivity index (χ4v) is 4.17. The second-order valence-corrected chi connectivity index (χ2v) is 6.52. The Kier molecular flexibility index (Phi) is 2.46. The predicted octanol–water partition coefficient (Wildman–Crippen LogP) is 4.57. The standard InChI is InChI=1S/C20H17NO2/c22-19-17-13-5-6-14(8-7-13)18(17)20(23)21(19)16-10-9-12-3-1-2-4-15(12)11-16/h1-6,9-11,13-14,22-23H,7-8H2/t13-,14+. The van der Waals surface area contributed by atoms with E-state index < -0.39 is 0 Å². The lowest BCUT2D eigenvalue weighted by atomic mass is 9.73. The van der Waals surface area contributed by atoms with Gasteiger partial charge >= 0.3 is 0 Å². The summed E-state index contributed by atoms with van der Waals surface area (Å²) in [5, 5.41) is 23.8. The van der Waals surface area contributed by atoms with Crippen LogP contribution in [-0.2, 0) is 0 Å². The number of nitrogens with zero attached hydrogens (tertiary/aromatic N) is 1. The lowest BCUT2D eigenvalue weighted by molar-refractivity contribution is 0.399. The van der Waals surface area contributed by atoms with Gasteiger partial charge in [-0.3, -0.25) is 4.57 Å². The van der Waals surface area contributed by atoms with Crippen LogP contribution in [0.4, 0.5) is 0 Å². The van der Waals surface area contributed by atoms with Gasteiger partial charge in [-0.15, -0.1) is 0 Å². The maximum atomic E-state index is 10.8. The number of rotatable bonds is 1. The van der Waals surface area contributed by atoms with E-state index in [4.69, 9.17) is 0 Å². The molecule has 23 heavy (non-hydrogen) atoms. The topological polar surface area (TPSA) is 45.4 Å². The maximum Gasteiger partial charge on any atom is 0.202 e. The summed E-state index contributed by atoms with van der Waals surface area (Å²) in [6.45, 7) is 0. The molecule has 0 aliphatic heterocycles. The van der Waals surface area contributed by atoms with E-state index in [1.54, 1.807) is 4.57 Å². The van der Waals surface area contributed by atoms with Crippen molar-refractivity contribution < 1.29 is 10.2 Å². The highest BCUT2D eigenvalue weighted by atomic mass is 16.3. The number of aromatic nitrogens is 1. The Bertz CT molecular complexity index is 930. The van der Waals surface area contributed by atoms with Crippen LogP contribution in [0.25, 0.3) is 16.5 Å². The molecule has 0 radical (unpaired) electrons. The summed E-state index contributed by atoms with van der Waals surface area (Å²) in [6, 6.07) is 14.1. The van der Waals surface area contributed by atoms with Crippen LogP contribution in [0, 0.1) is 0 Å². The summed E-state index contributed by atoms with van der Waals surface area (Å²) < 4.78 is 1.59. The Morgan fingerprint density at radius 3 is 2.00 bits per heavy atom. The molecule has 1 aromatic heterocycles. The van der Waals surface area contributed by atoms with Gasteiger partial charge in [-0.1, -0.05) is 42.5 Å². The first-order chi connectivity index (χ1) is 11.2. The van der Waals surface area contributed by atoms with Crippen LogP contribution >= 0.6 is 0 Å². The zero-order valence-electron chi connectivity index (χ0n) is 12.6. The third-order valence-electron chi connectivity index (χ3n) is 5.29. The normalized spacial score (nSPS) is 21.7. The molecular formula is C20H17NO2. The van der Waals surface area contributed by atoms with Gasteiger partial charge in [0.2, 0.25) is 11.8 Å². The fourth-order valence-electron chi connectivity index (χ4n) is 4.17. The van der Waals surface area contributed by atoms with Crippen LogP contribution in [0.5, 0.6) is 11.8 Å². The SMILES string of the molecule is Oc1c2c(c(O)n1-c1ccc3ccccc3c1)[C@H]1C=C[C@@H]2CC1. The number of hydrogen-bond acceptors (Lipinski definition) is 2. The van der Waals surface area contributed by atoms with Gasteiger partial charge in [0.25, 0.3) is 0 Å². The lowest BCUT2D eigenvalue weighted by Gasteiger charge is -2.30. The van der Waals surface area contributed by atoms with Crippen molar-refractivity contribution in [2.24, 2.45) is 0 Å². The highest BCUT2D eigenvalue weighted by Crippen LogP contribution is 2.54. The number of aromatic hydroxyl groups is 2. The number of fused-ring (bicyclic) bond motifs is 2. The minimum atomic E-state index is 0.187. The van der Waals surface area contributed by atoms with Crippen molar-refractivity contribution in [3.05, 3.63) is 65.7 Å². The van der Waals surface area contributed by atoms with Crippen molar-refractivity contribution in [2.45, 2.75) is 24.7 Å². The Hall–Kier alpha value is -2.68. The van der Waals surface area contributed by atoms with Gasteiger partial charge < -0.3 is 10.2 Å². The summed E-state index contributed by atoms with van der Waals surface area (Å²) in [5.74, 6) is 0.823. The molecule has 2 aromatic carbocycles. The van der Waals surface area contributed by atoms with Crippen LogP contribution in [-0.4, -0.2) is 14.8 Å². The van der Waals surface area contributed by atoms with E-state index >= 15 is 0 Å². The highest BCUT2D eigenvalue weighted by molar-refractivity contribution is 5.84. The van der Waals surface area contributed by atoms with Gasteiger partial charge in [0.1, 0.15) is 0 Å². The molecule has 3 aliphatic rings. The minimum absolute atomic E-state index is 0.187. The van der Waals surface area contributed by atoms with E-state index in [-0.39, 0.29) is 23.6 Å². The monoisotopic (exact) mass is 303 g/mol. The molecular weight excluding hydrogens is 286 g/mol. The number of allylic oxidation sites excluding steroid dienone is 2. The summed E-state index contributed by atoms with van der Waals surface area (Å²) >= 11 is 0. The minimum Gasteiger partial charge on any atom is -0.494 e. The Labute approximate surface area is 134 Å². The second kappa shape index (κ2) is 4.42. The van der Waals surface area contributed by atoms with Crippen molar-refractivity contribution in [2.75, 3.05) is 0 Å². The van der Waals surface area contributed by atoms with Gasteiger partial charge in [-0.05, 0) is 35.7 Å². The second-order valence-electron chi connectivity index (χ2n) is 6.52. The highest BCUT2D eigenvalue weighted by Gasteiger charge is 2.37. The van der Waals surface area contributed by atoms with Gasteiger partial charge in [-0.2, -0.15) is 0 Å². The smallest absolute Gasteiger partial charge is 0.202 e. The predicted molar refractivity (Wildman–Crippen MR) is 90.5 cm³/mol. The first-order valence-corrected chi connectivity index (χ1v) is 8.08. The largest absolute Gasteiger partial charge is 0.494 e. The average molecular weight is 303 g/mol. The molecule has 3 heteroatoms. The third kappa shape index (κ3) is 1.65. The van der Waals surface area contributed by atoms with Crippen LogP contribution in [0.2, 0.25) is 0 Å². The average Bonchev–Trinajstić information content (AvgIpc) is 2.89. The zero-order valence-corrected chi connectivity index (χ0v) is 12.6. The molecule has 3 aromatic rings. The van der Waals surface area contributed by atoms with Crippen molar-refractivity contribution >= 4 is 10.8 Å². The molecule has 0 saturated heterocycles. The molecule has 2 bridgehead atoms. The molecule has 0 spiro atoms. The quantitative estimate of drug-likeness (QED) is 0.647. The molecule has 3 nitrogen and oxygen atoms in total. The van der Waals surface area contributed by atoms with Gasteiger partial charge in [0, 0.05) is 23.0 Å². The Morgan fingerprint density at radius 1 is 0.783 bits per heavy atom. The van der Waals surface area contributed by atoms with Crippen molar-refractivity contribution in [3.63, 3.8) is 0 Å². The van der Waals surface area contributed by atoms with Crippen LogP contribution in [0.3, 0.4) is 0 Å². The summed E-state index contributed by atoms with van der Waals surface area (Å²) in [4.78, 5) is 0. The number of benzene rings is 2. The first kappa shape index (κ1) is 12.8. The molecule has 3 aliphatic carbocycles. The fraction of sp³-hybridized carbons (Fsp3) is 0.200.